The lowest BCUT2D eigenvalue weighted by Crippen LogP contribution is -2.38. The van der Waals surface area contributed by atoms with Crippen LogP contribution in [0.4, 0.5) is 11.4 Å². The van der Waals surface area contributed by atoms with Gasteiger partial charge in [0.1, 0.15) is 12.3 Å². The number of amides is 1. The number of ether oxygens (including phenoxy) is 1. The molecule has 1 aliphatic heterocycles. The first-order valence-corrected chi connectivity index (χ1v) is 14.7. The third-order valence-electron chi connectivity index (χ3n) is 5.87. The van der Waals surface area contributed by atoms with E-state index in [4.69, 9.17) is 16.3 Å². The average Bonchev–Trinajstić information content (AvgIpc) is 3.44. The van der Waals surface area contributed by atoms with Crippen LogP contribution in [0.15, 0.2) is 82.6 Å². The smallest absolute Gasteiger partial charge is 0.264 e. The van der Waals surface area contributed by atoms with Crippen LogP contribution in [0, 0.1) is 0 Å². The molecular formula is C25H26ClN3O6S2. The lowest BCUT2D eigenvalue weighted by atomic mass is 10.3. The van der Waals surface area contributed by atoms with Crippen molar-refractivity contribution in [1.82, 2.24) is 4.31 Å². The molecule has 1 heterocycles. The summed E-state index contributed by atoms with van der Waals surface area (Å²) in [6.07, 6.45) is 1.65. The highest BCUT2D eigenvalue weighted by Crippen LogP contribution is 2.35. The highest BCUT2D eigenvalue weighted by Gasteiger charge is 2.30. The van der Waals surface area contributed by atoms with Crippen LogP contribution < -0.4 is 14.4 Å². The molecule has 0 bridgehead atoms. The zero-order chi connectivity index (χ0) is 26.6. The first-order valence-electron chi connectivity index (χ1n) is 11.4. The van der Waals surface area contributed by atoms with Gasteiger partial charge in [-0.05, 0) is 67.4 Å². The molecule has 1 amide bonds. The second-order valence-electron chi connectivity index (χ2n) is 8.32. The van der Waals surface area contributed by atoms with Crippen molar-refractivity contribution in [2.24, 2.45) is 0 Å². The van der Waals surface area contributed by atoms with Crippen LogP contribution >= 0.6 is 11.6 Å². The quantitative estimate of drug-likeness (QED) is 0.421. The van der Waals surface area contributed by atoms with E-state index in [0.29, 0.717) is 18.8 Å². The van der Waals surface area contributed by atoms with E-state index in [9.17, 15) is 21.6 Å². The molecule has 0 aliphatic carbocycles. The van der Waals surface area contributed by atoms with Crippen molar-refractivity contribution in [3.05, 3.63) is 77.8 Å². The van der Waals surface area contributed by atoms with E-state index >= 15 is 0 Å². The second-order valence-corrected chi connectivity index (χ2v) is 12.6. The molecule has 1 N–H and O–H groups in total. The standard InChI is InChI=1S/C25H26ClN3O6S2/c1-35-24-14-9-19(26)17-23(24)29(37(33,34)21-7-3-2-4-8-21)18-25(30)27-20-10-12-22(13-11-20)36(31,32)28-15-5-6-16-28/h2-4,7-14,17H,5-6,15-16,18H2,1H3,(H,27,30). The van der Waals surface area contributed by atoms with Crippen molar-refractivity contribution in [3.8, 4) is 5.75 Å². The minimum Gasteiger partial charge on any atom is -0.495 e. The maximum absolute atomic E-state index is 13.6. The summed E-state index contributed by atoms with van der Waals surface area (Å²) < 4.78 is 60.3. The number of carbonyl (C=O) groups excluding carboxylic acids is 1. The predicted molar refractivity (Wildman–Crippen MR) is 142 cm³/mol. The molecule has 0 saturated carbocycles. The van der Waals surface area contributed by atoms with Crippen LogP contribution in [0.3, 0.4) is 0 Å². The number of halogens is 1. The number of sulfonamides is 2. The Morgan fingerprint density at radius 1 is 0.946 bits per heavy atom. The van der Waals surface area contributed by atoms with E-state index in [1.807, 2.05) is 0 Å². The predicted octanol–water partition coefficient (Wildman–Crippen LogP) is 3.97. The van der Waals surface area contributed by atoms with E-state index in [1.165, 1.54) is 59.9 Å². The van der Waals surface area contributed by atoms with Gasteiger partial charge in [-0.1, -0.05) is 29.8 Å². The fraction of sp³-hybridized carbons (Fsp3) is 0.240. The summed E-state index contributed by atoms with van der Waals surface area (Å²) in [5.41, 5.74) is 0.418. The summed E-state index contributed by atoms with van der Waals surface area (Å²) in [7, 11) is -6.38. The van der Waals surface area contributed by atoms with Gasteiger partial charge in [-0.2, -0.15) is 4.31 Å². The van der Waals surface area contributed by atoms with Gasteiger partial charge in [0.05, 0.1) is 22.6 Å². The normalized spacial score (nSPS) is 14.3. The number of carbonyl (C=O) groups is 1. The number of rotatable bonds is 9. The highest BCUT2D eigenvalue weighted by molar-refractivity contribution is 7.93. The number of nitrogens with zero attached hydrogens (tertiary/aromatic N) is 2. The molecular weight excluding hydrogens is 538 g/mol. The molecule has 3 aromatic rings. The fourth-order valence-corrected chi connectivity index (χ4v) is 7.12. The molecule has 1 fully saturated rings. The molecule has 1 aliphatic rings. The van der Waals surface area contributed by atoms with Gasteiger partial charge in [0.15, 0.2) is 0 Å². The molecule has 0 aromatic heterocycles. The van der Waals surface area contributed by atoms with Crippen molar-refractivity contribution in [1.29, 1.82) is 0 Å². The van der Waals surface area contributed by atoms with Crippen molar-refractivity contribution < 1.29 is 26.4 Å². The summed E-state index contributed by atoms with van der Waals surface area (Å²) in [4.78, 5) is 13.1. The topological polar surface area (TPSA) is 113 Å². The first kappa shape index (κ1) is 26.9. The van der Waals surface area contributed by atoms with E-state index in [1.54, 1.807) is 24.3 Å². The van der Waals surface area contributed by atoms with Gasteiger partial charge in [-0.15, -0.1) is 0 Å². The van der Waals surface area contributed by atoms with Gasteiger partial charge in [-0.3, -0.25) is 9.10 Å². The third kappa shape index (κ3) is 5.90. The van der Waals surface area contributed by atoms with Gasteiger partial charge in [0.25, 0.3) is 10.0 Å². The summed E-state index contributed by atoms with van der Waals surface area (Å²) in [5, 5.41) is 2.90. The SMILES string of the molecule is COc1ccc(Cl)cc1N(CC(=O)Nc1ccc(S(=O)(=O)N2CCCC2)cc1)S(=O)(=O)c1ccccc1. The second kappa shape index (κ2) is 11.1. The molecule has 196 valence electrons. The fourth-order valence-electron chi connectivity index (χ4n) is 4.00. The Labute approximate surface area is 221 Å². The zero-order valence-electron chi connectivity index (χ0n) is 20.0. The number of hydrogen-bond donors (Lipinski definition) is 1. The van der Waals surface area contributed by atoms with Gasteiger partial charge in [0.2, 0.25) is 15.9 Å². The summed E-state index contributed by atoms with van der Waals surface area (Å²) in [5.74, 6) is -0.426. The molecule has 1 saturated heterocycles. The van der Waals surface area contributed by atoms with Crippen molar-refractivity contribution in [2.45, 2.75) is 22.6 Å². The van der Waals surface area contributed by atoms with Gasteiger partial charge in [0, 0.05) is 23.8 Å². The third-order valence-corrected chi connectivity index (χ3v) is 9.79. The molecule has 37 heavy (non-hydrogen) atoms. The van der Waals surface area contributed by atoms with Gasteiger partial charge < -0.3 is 10.1 Å². The highest BCUT2D eigenvalue weighted by atomic mass is 35.5. The summed E-state index contributed by atoms with van der Waals surface area (Å²) in [6, 6.07) is 18.0. The molecule has 3 aromatic carbocycles. The number of methoxy groups -OCH3 is 1. The van der Waals surface area contributed by atoms with Crippen molar-refractivity contribution >= 4 is 48.9 Å². The Balaban J connectivity index is 1.60. The average molecular weight is 564 g/mol. The van der Waals surface area contributed by atoms with Crippen LogP contribution in [0.25, 0.3) is 0 Å². The number of benzene rings is 3. The lowest BCUT2D eigenvalue weighted by molar-refractivity contribution is -0.114. The van der Waals surface area contributed by atoms with E-state index in [2.05, 4.69) is 5.32 Å². The van der Waals surface area contributed by atoms with E-state index in [0.717, 1.165) is 17.1 Å². The molecule has 9 nitrogen and oxygen atoms in total. The maximum Gasteiger partial charge on any atom is 0.264 e. The molecule has 0 atom stereocenters. The van der Waals surface area contributed by atoms with Crippen LogP contribution in [-0.2, 0) is 24.8 Å². The molecule has 0 unspecified atom stereocenters. The Bertz CT molecular complexity index is 1470. The molecule has 0 spiro atoms. The van der Waals surface area contributed by atoms with Gasteiger partial charge >= 0.3 is 0 Å². The van der Waals surface area contributed by atoms with Crippen molar-refractivity contribution in [2.75, 3.05) is 36.4 Å². The van der Waals surface area contributed by atoms with Crippen LogP contribution in [0.2, 0.25) is 5.02 Å². The van der Waals surface area contributed by atoms with Gasteiger partial charge in [-0.25, -0.2) is 16.8 Å². The molecule has 12 heteroatoms. The lowest BCUT2D eigenvalue weighted by Gasteiger charge is -2.26. The summed E-state index contributed by atoms with van der Waals surface area (Å²) in [6.45, 7) is 0.390. The zero-order valence-corrected chi connectivity index (χ0v) is 22.4. The minimum absolute atomic E-state index is 0.0127. The largest absolute Gasteiger partial charge is 0.495 e. The maximum atomic E-state index is 13.6. The van der Waals surface area contributed by atoms with Crippen molar-refractivity contribution in [3.63, 3.8) is 0 Å². The molecule has 4 rings (SSSR count). The Morgan fingerprint density at radius 3 is 2.22 bits per heavy atom. The van der Waals surface area contributed by atoms with E-state index < -0.39 is 32.5 Å². The van der Waals surface area contributed by atoms with Crippen LogP contribution in [0.5, 0.6) is 5.75 Å². The Hall–Kier alpha value is -3.12. The van der Waals surface area contributed by atoms with Crippen LogP contribution in [0.1, 0.15) is 12.8 Å². The Kier molecular flexibility index (Phi) is 8.08. The van der Waals surface area contributed by atoms with E-state index in [-0.39, 0.29) is 26.3 Å². The first-order chi connectivity index (χ1) is 17.6. The number of nitrogens with one attached hydrogen (secondary N) is 1. The number of hydrogen-bond acceptors (Lipinski definition) is 6. The van der Waals surface area contributed by atoms with Crippen LogP contribution in [-0.4, -0.2) is 53.8 Å². The Morgan fingerprint density at radius 2 is 1.59 bits per heavy atom. The molecule has 0 radical (unpaired) electrons. The minimum atomic E-state index is -4.18. The summed E-state index contributed by atoms with van der Waals surface area (Å²) >= 11 is 6.15. The number of anilines is 2. The monoisotopic (exact) mass is 563 g/mol.